The van der Waals surface area contributed by atoms with E-state index < -0.39 is 5.97 Å². The number of carbonyl (C=O) groups excluding carboxylic acids is 1. The Morgan fingerprint density at radius 2 is 2.06 bits per heavy atom. The monoisotopic (exact) mass is 314 g/mol. The summed E-state index contributed by atoms with van der Waals surface area (Å²) in [6.07, 6.45) is 0. The van der Waals surface area contributed by atoms with Gasteiger partial charge in [-0.3, -0.25) is 4.57 Å². The largest absolute Gasteiger partial charge is 0.464 e. The third-order valence-electron chi connectivity index (χ3n) is 2.19. The lowest BCUT2D eigenvalue weighted by Gasteiger charge is -2.07. The number of nitrogens with zero attached hydrogens (tertiary/aromatic N) is 2. The van der Waals surface area contributed by atoms with Crippen molar-refractivity contribution in [3.63, 3.8) is 0 Å². The first-order valence-electron chi connectivity index (χ1n) is 4.72. The van der Waals surface area contributed by atoms with Crippen molar-refractivity contribution in [3.05, 3.63) is 45.9 Å². The van der Waals surface area contributed by atoms with Crippen molar-refractivity contribution >= 4 is 33.5 Å². The van der Waals surface area contributed by atoms with Gasteiger partial charge in [0.15, 0.2) is 15.6 Å². The summed E-state index contributed by atoms with van der Waals surface area (Å²) in [5.74, 6) is -0.531. The third kappa shape index (κ3) is 2.21. The highest BCUT2D eigenvalue weighted by Gasteiger charge is 2.22. The van der Waals surface area contributed by atoms with Crippen molar-refractivity contribution in [2.24, 2.45) is 0 Å². The van der Waals surface area contributed by atoms with E-state index in [9.17, 15) is 4.79 Å². The summed E-state index contributed by atoms with van der Waals surface area (Å²) in [7, 11) is 1.30. The molecule has 4 nitrogen and oxygen atoms in total. The number of aromatic nitrogens is 2. The van der Waals surface area contributed by atoms with E-state index in [-0.39, 0.29) is 10.8 Å². The van der Waals surface area contributed by atoms with Gasteiger partial charge in [0.2, 0.25) is 0 Å². The van der Waals surface area contributed by atoms with Gasteiger partial charge in [0.05, 0.1) is 7.11 Å². The Balaban J connectivity index is 2.65. The van der Waals surface area contributed by atoms with E-state index in [1.807, 2.05) is 30.3 Å². The molecule has 88 valence electrons. The number of para-hydroxylation sites is 1. The molecule has 1 aromatic heterocycles. The summed E-state index contributed by atoms with van der Waals surface area (Å²) in [5.41, 5.74) is 0.978. The minimum Gasteiger partial charge on any atom is -0.464 e. The maximum atomic E-state index is 11.7. The van der Waals surface area contributed by atoms with Gasteiger partial charge in [-0.25, -0.2) is 9.78 Å². The average molecular weight is 316 g/mol. The molecule has 0 amide bonds. The molecule has 0 fully saturated rings. The normalized spacial score (nSPS) is 10.3. The fourth-order valence-corrected chi connectivity index (χ4v) is 2.36. The number of benzene rings is 1. The zero-order valence-corrected chi connectivity index (χ0v) is 11.2. The Morgan fingerprint density at radius 1 is 1.41 bits per heavy atom. The number of carbonyl (C=O) groups is 1. The number of imidazole rings is 1. The van der Waals surface area contributed by atoms with Crippen LogP contribution in [0.3, 0.4) is 0 Å². The third-order valence-corrected chi connectivity index (χ3v) is 2.98. The second-order valence-electron chi connectivity index (χ2n) is 3.18. The van der Waals surface area contributed by atoms with Crippen LogP contribution in [-0.4, -0.2) is 22.6 Å². The van der Waals surface area contributed by atoms with Crippen molar-refractivity contribution in [1.82, 2.24) is 9.55 Å². The van der Waals surface area contributed by atoms with Gasteiger partial charge in [-0.1, -0.05) is 29.8 Å². The molecule has 17 heavy (non-hydrogen) atoms. The van der Waals surface area contributed by atoms with Gasteiger partial charge in [-0.2, -0.15) is 0 Å². The lowest BCUT2D eigenvalue weighted by Crippen LogP contribution is -2.09. The summed E-state index contributed by atoms with van der Waals surface area (Å²) < 4.78 is 6.73. The molecule has 1 aromatic carbocycles. The number of hydrogen-bond donors (Lipinski definition) is 0. The molecule has 0 aliphatic carbocycles. The molecule has 1 heterocycles. The fraction of sp³-hybridized carbons (Fsp3) is 0.0909. The van der Waals surface area contributed by atoms with Gasteiger partial charge in [-0.05, 0) is 28.1 Å². The average Bonchev–Trinajstić information content (AvgIpc) is 2.64. The highest BCUT2D eigenvalue weighted by Crippen LogP contribution is 2.26. The highest BCUT2D eigenvalue weighted by atomic mass is 79.9. The Morgan fingerprint density at radius 3 is 2.65 bits per heavy atom. The first-order chi connectivity index (χ1) is 8.15. The topological polar surface area (TPSA) is 44.1 Å². The molecule has 6 heteroatoms. The standard InChI is InChI=1S/C11H8BrClN2O2/c1-17-10(16)8-9(13)14-11(12)15(8)7-5-3-2-4-6-7/h2-6H,1H3. The molecule has 0 unspecified atom stereocenters. The van der Waals surface area contributed by atoms with Crippen molar-refractivity contribution in [2.45, 2.75) is 0 Å². The van der Waals surface area contributed by atoms with Crippen LogP contribution in [0.25, 0.3) is 5.69 Å². The minimum atomic E-state index is -0.531. The summed E-state index contributed by atoms with van der Waals surface area (Å²) in [6.45, 7) is 0. The van der Waals surface area contributed by atoms with Gasteiger partial charge in [0.25, 0.3) is 0 Å². The second kappa shape index (κ2) is 4.89. The van der Waals surface area contributed by atoms with E-state index in [4.69, 9.17) is 11.6 Å². The Kier molecular flexibility index (Phi) is 3.49. The molecule has 0 aliphatic heterocycles. The molecule has 0 saturated heterocycles. The van der Waals surface area contributed by atoms with Gasteiger partial charge < -0.3 is 4.74 Å². The summed E-state index contributed by atoms with van der Waals surface area (Å²) in [4.78, 5) is 15.7. The summed E-state index contributed by atoms with van der Waals surface area (Å²) >= 11 is 9.17. The van der Waals surface area contributed by atoms with Crippen LogP contribution in [0.1, 0.15) is 10.5 Å². The van der Waals surface area contributed by atoms with Crippen molar-refractivity contribution < 1.29 is 9.53 Å². The molecule has 0 N–H and O–H groups in total. The van der Waals surface area contributed by atoms with E-state index in [1.165, 1.54) is 7.11 Å². The Hall–Kier alpha value is -1.33. The van der Waals surface area contributed by atoms with Crippen LogP contribution in [0, 0.1) is 0 Å². The number of ether oxygens (including phenoxy) is 1. The first kappa shape index (κ1) is 12.1. The zero-order valence-electron chi connectivity index (χ0n) is 8.85. The van der Waals surface area contributed by atoms with Crippen LogP contribution in [-0.2, 0) is 4.74 Å². The number of halogens is 2. The van der Waals surface area contributed by atoms with Gasteiger partial charge in [0, 0.05) is 5.69 Å². The van der Waals surface area contributed by atoms with E-state index in [2.05, 4.69) is 25.7 Å². The first-order valence-corrected chi connectivity index (χ1v) is 5.89. The quantitative estimate of drug-likeness (QED) is 0.800. The molecule has 0 aliphatic rings. The van der Waals surface area contributed by atoms with E-state index in [0.717, 1.165) is 5.69 Å². The number of rotatable bonds is 2. The smallest absolute Gasteiger partial charge is 0.358 e. The SMILES string of the molecule is COC(=O)c1c(Cl)nc(Br)n1-c1ccccc1. The summed E-state index contributed by atoms with van der Waals surface area (Å²) in [5, 5.41) is 0.104. The van der Waals surface area contributed by atoms with Crippen molar-refractivity contribution in [3.8, 4) is 5.69 Å². The Bertz CT molecular complexity index is 554. The molecular formula is C11H8BrClN2O2. The van der Waals surface area contributed by atoms with E-state index in [0.29, 0.717) is 4.73 Å². The molecular weight excluding hydrogens is 307 g/mol. The van der Waals surface area contributed by atoms with Crippen LogP contribution in [0.2, 0.25) is 5.15 Å². The van der Waals surface area contributed by atoms with E-state index in [1.54, 1.807) is 4.57 Å². The maximum absolute atomic E-state index is 11.7. The van der Waals surface area contributed by atoms with Crippen LogP contribution < -0.4 is 0 Å². The predicted octanol–water partition coefficient (Wildman–Crippen LogP) is 3.07. The highest BCUT2D eigenvalue weighted by molar-refractivity contribution is 9.10. The van der Waals surface area contributed by atoms with Crippen LogP contribution >= 0.6 is 27.5 Å². The molecule has 2 aromatic rings. The Labute approximate surface area is 111 Å². The van der Waals surface area contributed by atoms with Crippen molar-refractivity contribution in [2.75, 3.05) is 7.11 Å². The van der Waals surface area contributed by atoms with Crippen LogP contribution in [0.5, 0.6) is 0 Å². The van der Waals surface area contributed by atoms with Crippen molar-refractivity contribution in [1.29, 1.82) is 0 Å². The molecule has 0 atom stereocenters. The second-order valence-corrected chi connectivity index (χ2v) is 4.25. The number of hydrogen-bond acceptors (Lipinski definition) is 3. The predicted molar refractivity (Wildman–Crippen MR) is 67.6 cm³/mol. The molecule has 2 rings (SSSR count). The lowest BCUT2D eigenvalue weighted by molar-refractivity contribution is 0.0591. The zero-order chi connectivity index (χ0) is 12.4. The number of esters is 1. The molecule has 0 saturated carbocycles. The molecule has 0 spiro atoms. The van der Waals surface area contributed by atoms with Crippen LogP contribution in [0.15, 0.2) is 35.1 Å². The lowest BCUT2D eigenvalue weighted by atomic mass is 10.3. The number of methoxy groups -OCH3 is 1. The molecule has 0 bridgehead atoms. The molecule has 0 radical (unpaired) electrons. The maximum Gasteiger partial charge on any atom is 0.358 e. The van der Waals surface area contributed by atoms with Gasteiger partial charge in [-0.15, -0.1) is 0 Å². The fourth-order valence-electron chi connectivity index (χ4n) is 1.45. The van der Waals surface area contributed by atoms with Gasteiger partial charge in [0.1, 0.15) is 0 Å². The summed E-state index contributed by atoms with van der Waals surface area (Å²) in [6, 6.07) is 9.28. The van der Waals surface area contributed by atoms with E-state index >= 15 is 0 Å². The van der Waals surface area contributed by atoms with Crippen LogP contribution in [0.4, 0.5) is 0 Å². The minimum absolute atomic E-state index is 0.104. The van der Waals surface area contributed by atoms with Gasteiger partial charge >= 0.3 is 5.97 Å².